The predicted octanol–water partition coefficient (Wildman–Crippen LogP) is 4.75. The van der Waals surface area contributed by atoms with E-state index >= 15 is 0 Å². The van der Waals surface area contributed by atoms with Crippen LogP contribution in [0.3, 0.4) is 0 Å². The Bertz CT molecular complexity index is 553. The van der Waals surface area contributed by atoms with Crippen LogP contribution in [0.5, 0.6) is 0 Å². The van der Waals surface area contributed by atoms with E-state index < -0.39 is 0 Å². The van der Waals surface area contributed by atoms with Crippen molar-refractivity contribution in [3.05, 3.63) is 57.0 Å². The van der Waals surface area contributed by atoms with Crippen LogP contribution in [-0.2, 0) is 0 Å². The first-order valence-corrected chi connectivity index (χ1v) is 6.25. The molecule has 0 aliphatic rings. The predicted molar refractivity (Wildman–Crippen MR) is 72.0 cm³/mol. The van der Waals surface area contributed by atoms with Gasteiger partial charge in [0.25, 0.3) is 0 Å². The van der Waals surface area contributed by atoms with Crippen LogP contribution < -0.4 is 0 Å². The molecule has 0 radical (unpaired) electrons. The zero-order chi connectivity index (χ0) is 11.5. The Morgan fingerprint density at radius 2 is 1.44 bits per heavy atom. The van der Waals surface area contributed by atoms with Crippen LogP contribution >= 0.6 is 31.9 Å². The molecular weight excluding hydrogens is 330 g/mol. The minimum atomic E-state index is 0.680. The van der Waals surface area contributed by atoms with Gasteiger partial charge in [0.15, 0.2) is 0 Å². The van der Waals surface area contributed by atoms with E-state index in [0.717, 1.165) is 20.1 Å². The second-order valence-corrected chi connectivity index (χ2v) is 5.03. The van der Waals surface area contributed by atoms with Crippen molar-refractivity contribution in [1.29, 1.82) is 5.26 Å². The maximum absolute atomic E-state index is 8.72. The van der Waals surface area contributed by atoms with Crippen LogP contribution in [0.1, 0.15) is 5.56 Å². The molecule has 1 nitrogen and oxygen atoms in total. The Morgan fingerprint density at radius 3 is 2.00 bits per heavy atom. The van der Waals surface area contributed by atoms with Crippen LogP contribution in [0.4, 0.5) is 0 Å². The van der Waals surface area contributed by atoms with Gasteiger partial charge in [0.05, 0.1) is 11.6 Å². The zero-order valence-corrected chi connectivity index (χ0v) is 11.4. The lowest BCUT2D eigenvalue weighted by Gasteiger charge is -2.03. The van der Waals surface area contributed by atoms with E-state index in [4.69, 9.17) is 5.26 Å². The Balaban J connectivity index is 2.43. The molecule has 2 rings (SSSR count). The van der Waals surface area contributed by atoms with Crippen molar-refractivity contribution >= 4 is 31.9 Å². The molecule has 0 atom stereocenters. The van der Waals surface area contributed by atoms with E-state index in [-0.39, 0.29) is 0 Å². The fourth-order valence-corrected chi connectivity index (χ4v) is 2.04. The van der Waals surface area contributed by atoms with Gasteiger partial charge in [0, 0.05) is 8.95 Å². The third kappa shape index (κ3) is 2.34. The number of benzene rings is 2. The average Bonchev–Trinajstić information content (AvgIpc) is 2.33. The lowest BCUT2D eigenvalue weighted by Crippen LogP contribution is -1.80. The third-order valence-corrected chi connectivity index (χ3v) is 4.15. The number of hydrogen-bond donors (Lipinski definition) is 0. The summed E-state index contributed by atoms with van der Waals surface area (Å²) in [6.07, 6.45) is 0. The van der Waals surface area contributed by atoms with E-state index in [9.17, 15) is 0 Å². The van der Waals surface area contributed by atoms with Crippen LogP contribution in [0.15, 0.2) is 51.4 Å². The lowest BCUT2D eigenvalue weighted by atomic mass is 10.0. The van der Waals surface area contributed by atoms with Crippen LogP contribution in [0.2, 0.25) is 0 Å². The quantitative estimate of drug-likeness (QED) is 0.737. The minimum Gasteiger partial charge on any atom is -0.192 e. The van der Waals surface area contributed by atoms with Gasteiger partial charge in [-0.2, -0.15) is 5.26 Å². The molecule has 0 aromatic heterocycles. The summed E-state index contributed by atoms with van der Waals surface area (Å²) in [4.78, 5) is 0. The van der Waals surface area contributed by atoms with Gasteiger partial charge in [-0.1, -0.05) is 18.2 Å². The molecule has 0 saturated heterocycles. The summed E-state index contributed by atoms with van der Waals surface area (Å²) in [6.45, 7) is 0. The molecule has 2 aromatic carbocycles. The molecule has 16 heavy (non-hydrogen) atoms. The standard InChI is InChI=1S/C13H7Br2N/c14-12-6-5-11(7-13(12)15)10-3-1-9(8-16)2-4-10/h1-7H. The van der Waals surface area contributed by atoms with Crippen molar-refractivity contribution in [2.45, 2.75) is 0 Å². The number of rotatable bonds is 1. The van der Waals surface area contributed by atoms with Gasteiger partial charge in [-0.15, -0.1) is 0 Å². The van der Waals surface area contributed by atoms with Gasteiger partial charge in [-0.25, -0.2) is 0 Å². The van der Waals surface area contributed by atoms with Gasteiger partial charge in [-0.3, -0.25) is 0 Å². The van der Waals surface area contributed by atoms with Crippen LogP contribution in [-0.4, -0.2) is 0 Å². The molecule has 0 aliphatic heterocycles. The summed E-state index contributed by atoms with van der Waals surface area (Å²) < 4.78 is 2.05. The maximum atomic E-state index is 8.72. The summed E-state index contributed by atoms with van der Waals surface area (Å²) in [5.41, 5.74) is 2.91. The third-order valence-electron chi connectivity index (χ3n) is 2.27. The zero-order valence-electron chi connectivity index (χ0n) is 8.24. The van der Waals surface area contributed by atoms with E-state index in [1.165, 1.54) is 0 Å². The molecule has 78 valence electrons. The van der Waals surface area contributed by atoms with Crippen molar-refractivity contribution in [2.24, 2.45) is 0 Å². The molecule has 0 N–H and O–H groups in total. The number of nitrogens with zero attached hydrogens (tertiary/aromatic N) is 1. The highest BCUT2D eigenvalue weighted by atomic mass is 79.9. The highest BCUT2D eigenvalue weighted by Gasteiger charge is 2.01. The molecular formula is C13H7Br2N. The summed E-state index contributed by atoms with van der Waals surface area (Å²) in [7, 11) is 0. The van der Waals surface area contributed by atoms with Gasteiger partial charge in [-0.05, 0) is 67.3 Å². The Kier molecular flexibility index (Phi) is 3.42. The van der Waals surface area contributed by atoms with Crippen LogP contribution in [0, 0.1) is 11.3 Å². The highest BCUT2D eigenvalue weighted by Crippen LogP contribution is 2.29. The second kappa shape index (κ2) is 4.82. The molecule has 2 aromatic rings. The SMILES string of the molecule is N#Cc1ccc(-c2ccc(Br)c(Br)c2)cc1. The first-order valence-electron chi connectivity index (χ1n) is 4.66. The van der Waals surface area contributed by atoms with Crippen LogP contribution in [0.25, 0.3) is 11.1 Å². The fourth-order valence-electron chi connectivity index (χ4n) is 1.41. The van der Waals surface area contributed by atoms with Crippen molar-refractivity contribution in [3.63, 3.8) is 0 Å². The van der Waals surface area contributed by atoms with Crippen molar-refractivity contribution in [3.8, 4) is 17.2 Å². The van der Waals surface area contributed by atoms with Gasteiger partial charge in [0.1, 0.15) is 0 Å². The topological polar surface area (TPSA) is 23.8 Å². The van der Waals surface area contributed by atoms with Crippen molar-refractivity contribution in [2.75, 3.05) is 0 Å². The van der Waals surface area contributed by atoms with E-state index in [1.807, 2.05) is 42.5 Å². The molecule has 0 bridgehead atoms. The van der Waals surface area contributed by atoms with E-state index in [1.54, 1.807) is 0 Å². The average molecular weight is 337 g/mol. The van der Waals surface area contributed by atoms with E-state index in [0.29, 0.717) is 5.56 Å². The van der Waals surface area contributed by atoms with Gasteiger partial charge in [0.2, 0.25) is 0 Å². The number of halogens is 2. The van der Waals surface area contributed by atoms with Gasteiger partial charge >= 0.3 is 0 Å². The van der Waals surface area contributed by atoms with Crippen molar-refractivity contribution in [1.82, 2.24) is 0 Å². The van der Waals surface area contributed by atoms with Gasteiger partial charge < -0.3 is 0 Å². The number of nitriles is 1. The monoisotopic (exact) mass is 335 g/mol. The highest BCUT2D eigenvalue weighted by molar-refractivity contribution is 9.13. The summed E-state index contributed by atoms with van der Waals surface area (Å²) in [5.74, 6) is 0. The maximum Gasteiger partial charge on any atom is 0.0991 e. The molecule has 0 aliphatic carbocycles. The number of hydrogen-bond acceptors (Lipinski definition) is 1. The Labute approximate surface area is 111 Å². The molecule has 0 fully saturated rings. The molecule has 0 spiro atoms. The minimum absolute atomic E-state index is 0.680. The first kappa shape index (κ1) is 11.4. The first-order chi connectivity index (χ1) is 7.70. The molecule has 0 amide bonds. The van der Waals surface area contributed by atoms with E-state index in [2.05, 4.69) is 37.9 Å². The normalized spacial score (nSPS) is 9.81. The fraction of sp³-hybridized carbons (Fsp3) is 0. The summed E-state index contributed by atoms with van der Waals surface area (Å²) >= 11 is 6.91. The Hall–Kier alpha value is -1.11. The summed E-state index contributed by atoms with van der Waals surface area (Å²) in [6, 6.07) is 15.7. The molecule has 0 unspecified atom stereocenters. The second-order valence-electron chi connectivity index (χ2n) is 3.32. The van der Waals surface area contributed by atoms with Crippen molar-refractivity contribution < 1.29 is 0 Å². The summed E-state index contributed by atoms with van der Waals surface area (Å²) in [5, 5.41) is 8.72. The largest absolute Gasteiger partial charge is 0.192 e. The lowest BCUT2D eigenvalue weighted by molar-refractivity contribution is 1.48. The molecule has 0 heterocycles. The molecule has 3 heteroatoms. The smallest absolute Gasteiger partial charge is 0.0991 e. The Morgan fingerprint density at radius 1 is 0.812 bits per heavy atom. The molecule has 0 saturated carbocycles.